The van der Waals surface area contributed by atoms with Gasteiger partial charge in [-0.2, -0.15) is 0 Å². The molecule has 2 aromatic heterocycles. The molecule has 7 heteroatoms. The van der Waals surface area contributed by atoms with Gasteiger partial charge in [-0.25, -0.2) is 0 Å². The number of carbonyl (C=O) groups excluding carboxylic acids is 1. The standard InChI is InChI=1S/C28H22Cl2N4O/c1-17-22(21-6-2-3-7-26(21)32-17)15-28(35)34-19-9-11-27(33-20-5-4-12-31-16-20)23(14-19)18-8-10-24(29)25(30)13-18/h2-14,16,32-33H,15H2,1H3,(H,34,35). The van der Waals surface area contributed by atoms with E-state index in [1.165, 1.54) is 0 Å². The lowest BCUT2D eigenvalue weighted by Crippen LogP contribution is -2.15. The number of nitrogens with one attached hydrogen (secondary N) is 3. The van der Waals surface area contributed by atoms with Gasteiger partial charge in [0.1, 0.15) is 0 Å². The second-order valence-electron chi connectivity index (χ2n) is 8.26. The van der Waals surface area contributed by atoms with E-state index in [4.69, 9.17) is 23.2 Å². The molecule has 5 rings (SSSR count). The Morgan fingerprint density at radius 2 is 1.80 bits per heavy atom. The summed E-state index contributed by atoms with van der Waals surface area (Å²) in [7, 11) is 0. The largest absolute Gasteiger partial charge is 0.358 e. The monoisotopic (exact) mass is 500 g/mol. The lowest BCUT2D eigenvalue weighted by atomic mass is 10.0. The molecule has 3 N–H and O–H groups in total. The fraction of sp³-hybridized carbons (Fsp3) is 0.0714. The van der Waals surface area contributed by atoms with Crippen LogP contribution in [0.25, 0.3) is 22.0 Å². The SMILES string of the molecule is Cc1[nH]c2ccccc2c1CC(=O)Nc1ccc(Nc2cccnc2)c(-c2ccc(Cl)c(Cl)c2)c1. The van der Waals surface area contributed by atoms with Gasteiger partial charge < -0.3 is 15.6 Å². The first-order valence-electron chi connectivity index (χ1n) is 11.1. The van der Waals surface area contributed by atoms with Gasteiger partial charge in [-0.1, -0.05) is 47.5 Å². The van der Waals surface area contributed by atoms with E-state index in [-0.39, 0.29) is 12.3 Å². The molecule has 0 aliphatic carbocycles. The van der Waals surface area contributed by atoms with Crippen molar-refractivity contribution in [3.63, 3.8) is 0 Å². The van der Waals surface area contributed by atoms with E-state index < -0.39 is 0 Å². The Bertz CT molecular complexity index is 1530. The Kier molecular flexibility index (Phi) is 6.45. The topological polar surface area (TPSA) is 69.8 Å². The highest BCUT2D eigenvalue weighted by atomic mass is 35.5. The molecule has 0 aliphatic heterocycles. The summed E-state index contributed by atoms with van der Waals surface area (Å²) in [5.74, 6) is -0.0917. The first-order valence-corrected chi connectivity index (χ1v) is 11.9. The summed E-state index contributed by atoms with van der Waals surface area (Å²) >= 11 is 12.5. The summed E-state index contributed by atoms with van der Waals surface area (Å²) < 4.78 is 0. The van der Waals surface area contributed by atoms with Crippen LogP contribution >= 0.6 is 23.2 Å². The smallest absolute Gasteiger partial charge is 0.228 e. The molecule has 35 heavy (non-hydrogen) atoms. The van der Waals surface area contributed by atoms with Gasteiger partial charge in [0, 0.05) is 39.7 Å². The predicted molar refractivity (Wildman–Crippen MR) is 145 cm³/mol. The average Bonchev–Trinajstić information content (AvgIpc) is 3.17. The van der Waals surface area contributed by atoms with E-state index in [0.29, 0.717) is 15.7 Å². The van der Waals surface area contributed by atoms with Crippen molar-refractivity contribution in [1.29, 1.82) is 0 Å². The summed E-state index contributed by atoms with van der Waals surface area (Å²) in [6, 6.07) is 23.0. The third-order valence-electron chi connectivity index (χ3n) is 5.84. The van der Waals surface area contributed by atoms with Gasteiger partial charge in [-0.3, -0.25) is 9.78 Å². The minimum absolute atomic E-state index is 0.0917. The maximum atomic E-state index is 13.0. The van der Waals surface area contributed by atoms with E-state index in [9.17, 15) is 4.79 Å². The molecular formula is C28H22Cl2N4O. The number of amides is 1. The van der Waals surface area contributed by atoms with Gasteiger partial charge >= 0.3 is 0 Å². The Morgan fingerprint density at radius 1 is 0.943 bits per heavy atom. The number of aryl methyl sites for hydroxylation is 1. The van der Waals surface area contributed by atoms with E-state index >= 15 is 0 Å². The number of aromatic nitrogens is 2. The van der Waals surface area contributed by atoms with Crippen molar-refractivity contribution >= 4 is 57.1 Å². The number of anilines is 3. The quantitative estimate of drug-likeness (QED) is 0.223. The number of rotatable bonds is 6. The number of H-pyrrole nitrogens is 1. The Morgan fingerprint density at radius 3 is 2.60 bits per heavy atom. The van der Waals surface area contributed by atoms with E-state index in [0.717, 1.165) is 44.7 Å². The number of pyridine rings is 1. The van der Waals surface area contributed by atoms with Crippen molar-refractivity contribution in [3.05, 3.63) is 106 Å². The minimum atomic E-state index is -0.0917. The molecule has 0 atom stereocenters. The molecule has 0 radical (unpaired) electrons. The van der Waals surface area contributed by atoms with Crippen molar-refractivity contribution in [2.24, 2.45) is 0 Å². The summed E-state index contributed by atoms with van der Waals surface area (Å²) in [6.45, 7) is 1.99. The summed E-state index contributed by atoms with van der Waals surface area (Å²) in [5.41, 5.74) is 7.14. The van der Waals surface area contributed by atoms with E-state index in [2.05, 4.69) is 20.6 Å². The van der Waals surface area contributed by atoms with Crippen LogP contribution in [0.3, 0.4) is 0 Å². The number of nitrogens with zero attached hydrogens (tertiary/aromatic N) is 1. The highest BCUT2D eigenvalue weighted by Gasteiger charge is 2.14. The van der Waals surface area contributed by atoms with E-state index in [1.807, 2.05) is 73.7 Å². The molecule has 0 unspecified atom stereocenters. The maximum absolute atomic E-state index is 13.0. The Labute approximate surface area is 213 Å². The van der Waals surface area contributed by atoms with Crippen LogP contribution in [0.1, 0.15) is 11.3 Å². The zero-order chi connectivity index (χ0) is 24.4. The molecule has 0 fully saturated rings. The van der Waals surface area contributed by atoms with Crippen molar-refractivity contribution in [2.75, 3.05) is 10.6 Å². The van der Waals surface area contributed by atoms with Gasteiger partial charge in [0.25, 0.3) is 0 Å². The summed E-state index contributed by atoms with van der Waals surface area (Å²) in [4.78, 5) is 20.5. The zero-order valence-electron chi connectivity index (χ0n) is 18.9. The average molecular weight is 501 g/mol. The lowest BCUT2D eigenvalue weighted by molar-refractivity contribution is -0.115. The second kappa shape index (κ2) is 9.82. The number of aromatic amines is 1. The van der Waals surface area contributed by atoms with Crippen LogP contribution in [0.15, 0.2) is 85.2 Å². The number of halogens is 2. The van der Waals surface area contributed by atoms with Gasteiger partial charge in [0.2, 0.25) is 5.91 Å². The normalized spacial score (nSPS) is 10.9. The second-order valence-corrected chi connectivity index (χ2v) is 9.07. The molecule has 0 saturated carbocycles. The van der Waals surface area contributed by atoms with Gasteiger partial charge in [0.05, 0.1) is 28.4 Å². The Hall–Kier alpha value is -3.80. The molecule has 3 aromatic carbocycles. The van der Waals surface area contributed by atoms with Crippen molar-refractivity contribution in [3.8, 4) is 11.1 Å². The Balaban J connectivity index is 1.45. The van der Waals surface area contributed by atoms with Crippen molar-refractivity contribution in [2.45, 2.75) is 13.3 Å². The number of fused-ring (bicyclic) bond motifs is 1. The van der Waals surface area contributed by atoms with Gasteiger partial charge in [-0.05, 0) is 66.6 Å². The van der Waals surface area contributed by atoms with Crippen LogP contribution in [0.4, 0.5) is 17.1 Å². The molecule has 5 nitrogen and oxygen atoms in total. The highest BCUT2D eigenvalue weighted by Crippen LogP contribution is 2.36. The third-order valence-corrected chi connectivity index (χ3v) is 6.58. The number of hydrogen-bond acceptors (Lipinski definition) is 3. The molecule has 1 amide bonds. The van der Waals surface area contributed by atoms with Crippen molar-refractivity contribution < 1.29 is 4.79 Å². The molecule has 0 saturated heterocycles. The van der Waals surface area contributed by atoms with Crippen LogP contribution in [-0.4, -0.2) is 15.9 Å². The fourth-order valence-corrected chi connectivity index (χ4v) is 4.45. The zero-order valence-corrected chi connectivity index (χ0v) is 20.4. The van der Waals surface area contributed by atoms with Crippen LogP contribution < -0.4 is 10.6 Å². The lowest BCUT2D eigenvalue weighted by Gasteiger charge is -2.15. The maximum Gasteiger partial charge on any atom is 0.228 e. The van der Waals surface area contributed by atoms with Crippen molar-refractivity contribution in [1.82, 2.24) is 9.97 Å². The minimum Gasteiger partial charge on any atom is -0.358 e. The molecule has 5 aromatic rings. The predicted octanol–water partition coefficient (Wildman–Crippen LogP) is 7.77. The molecule has 174 valence electrons. The summed E-state index contributed by atoms with van der Waals surface area (Å²) in [5, 5.41) is 8.45. The third kappa shape index (κ3) is 5.02. The first-order chi connectivity index (χ1) is 17.0. The van der Waals surface area contributed by atoms with E-state index in [1.54, 1.807) is 18.5 Å². The number of benzene rings is 3. The fourth-order valence-electron chi connectivity index (χ4n) is 4.15. The molecule has 0 bridgehead atoms. The molecular weight excluding hydrogens is 479 g/mol. The van der Waals surface area contributed by atoms with Gasteiger partial charge in [-0.15, -0.1) is 0 Å². The van der Waals surface area contributed by atoms with Crippen LogP contribution in [0, 0.1) is 6.92 Å². The highest BCUT2D eigenvalue weighted by molar-refractivity contribution is 6.42. The summed E-state index contributed by atoms with van der Waals surface area (Å²) in [6.07, 6.45) is 3.74. The number of para-hydroxylation sites is 1. The molecule has 2 heterocycles. The first kappa shape index (κ1) is 23.0. The molecule has 0 aliphatic rings. The number of hydrogen-bond donors (Lipinski definition) is 3. The van der Waals surface area contributed by atoms with Crippen LogP contribution in [-0.2, 0) is 11.2 Å². The van der Waals surface area contributed by atoms with Gasteiger partial charge in [0.15, 0.2) is 0 Å². The van der Waals surface area contributed by atoms with Crippen LogP contribution in [0.5, 0.6) is 0 Å². The molecule has 0 spiro atoms. The van der Waals surface area contributed by atoms with Crippen LogP contribution in [0.2, 0.25) is 10.0 Å². The number of carbonyl (C=O) groups is 1.